The van der Waals surface area contributed by atoms with Gasteiger partial charge in [-0.15, -0.1) is 11.3 Å². The van der Waals surface area contributed by atoms with Crippen LogP contribution >= 0.6 is 11.3 Å². The Morgan fingerprint density at radius 3 is 2.81 bits per heavy atom. The molecule has 2 heterocycles. The molecule has 0 radical (unpaired) electrons. The van der Waals surface area contributed by atoms with Gasteiger partial charge in [-0.3, -0.25) is 5.32 Å². The Kier molecular flexibility index (Phi) is 4.03. The Bertz CT molecular complexity index is 706. The molecule has 0 aliphatic carbocycles. The average Bonchev–Trinajstić information content (AvgIpc) is 3.14. The zero-order valence-corrected chi connectivity index (χ0v) is 12.5. The second-order valence-electron chi connectivity index (χ2n) is 4.85. The molecule has 0 fully saturated rings. The van der Waals surface area contributed by atoms with Crippen molar-refractivity contribution < 1.29 is 5.11 Å². The van der Waals surface area contributed by atoms with Crippen molar-refractivity contribution in [2.75, 3.05) is 0 Å². The molecule has 1 aromatic carbocycles. The van der Waals surface area contributed by atoms with Gasteiger partial charge in [0.2, 0.25) is 0 Å². The van der Waals surface area contributed by atoms with Gasteiger partial charge in [-0.05, 0) is 17.5 Å². The van der Waals surface area contributed by atoms with Crippen molar-refractivity contribution in [3.8, 4) is 5.75 Å². The summed E-state index contributed by atoms with van der Waals surface area (Å²) in [5.74, 6) is 1.28. The molecule has 0 bridgehead atoms. The highest BCUT2D eigenvalue weighted by Crippen LogP contribution is 2.26. The Morgan fingerprint density at radius 2 is 2.14 bits per heavy atom. The third-order valence-electron chi connectivity index (χ3n) is 3.43. The number of phenols is 1. The van der Waals surface area contributed by atoms with Crippen molar-refractivity contribution in [3.05, 3.63) is 70.4 Å². The van der Waals surface area contributed by atoms with Crippen LogP contribution in [0.3, 0.4) is 0 Å². The maximum Gasteiger partial charge on any atom is 0.131 e. The van der Waals surface area contributed by atoms with Crippen LogP contribution in [-0.4, -0.2) is 14.7 Å². The smallest absolute Gasteiger partial charge is 0.131 e. The van der Waals surface area contributed by atoms with E-state index in [0.717, 1.165) is 11.4 Å². The lowest BCUT2D eigenvalue weighted by atomic mass is 10.1. The fourth-order valence-corrected chi connectivity index (χ4v) is 3.10. The number of rotatable bonds is 5. The number of nitrogens with zero attached hydrogens (tertiary/aromatic N) is 2. The van der Waals surface area contributed by atoms with Crippen LogP contribution in [0, 0.1) is 0 Å². The topological polar surface area (TPSA) is 50.1 Å². The number of hydrogen-bond acceptors (Lipinski definition) is 4. The number of nitrogens with one attached hydrogen (secondary N) is 1. The molecule has 0 spiro atoms. The lowest BCUT2D eigenvalue weighted by molar-refractivity contribution is 0.460. The first-order chi connectivity index (χ1) is 10.3. The van der Waals surface area contributed by atoms with Gasteiger partial charge < -0.3 is 9.67 Å². The second-order valence-corrected chi connectivity index (χ2v) is 5.83. The summed E-state index contributed by atoms with van der Waals surface area (Å²) in [5, 5.41) is 15.4. The molecule has 0 aliphatic rings. The molecule has 2 aromatic heterocycles. The SMILES string of the molecule is Cn1ccnc1C(NCc1ccccc1O)c1cccs1. The molecule has 0 amide bonds. The summed E-state index contributed by atoms with van der Waals surface area (Å²) >= 11 is 1.70. The van der Waals surface area contributed by atoms with Crippen LogP contribution in [0.15, 0.2) is 54.2 Å². The molecule has 108 valence electrons. The van der Waals surface area contributed by atoms with E-state index in [1.54, 1.807) is 23.6 Å². The third-order valence-corrected chi connectivity index (χ3v) is 4.37. The number of hydrogen-bond donors (Lipinski definition) is 2. The van der Waals surface area contributed by atoms with E-state index in [9.17, 15) is 5.11 Å². The first kappa shape index (κ1) is 13.9. The number of thiophene rings is 1. The summed E-state index contributed by atoms with van der Waals surface area (Å²) in [6.45, 7) is 0.585. The first-order valence-corrected chi connectivity index (χ1v) is 7.64. The molecule has 21 heavy (non-hydrogen) atoms. The monoisotopic (exact) mass is 299 g/mol. The number of phenolic OH excluding ortho intramolecular Hbond substituents is 1. The van der Waals surface area contributed by atoms with E-state index in [2.05, 4.69) is 21.7 Å². The molecule has 0 saturated heterocycles. The van der Waals surface area contributed by atoms with Gasteiger partial charge in [0, 0.05) is 36.4 Å². The number of aryl methyl sites for hydroxylation is 1. The number of benzene rings is 1. The van der Waals surface area contributed by atoms with Crippen molar-refractivity contribution in [1.82, 2.24) is 14.9 Å². The minimum Gasteiger partial charge on any atom is -0.508 e. The fraction of sp³-hybridized carbons (Fsp3) is 0.188. The van der Waals surface area contributed by atoms with Crippen molar-refractivity contribution in [3.63, 3.8) is 0 Å². The Balaban J connectivity index is 1.84. The van der Waals surface area contributed by atoms with E-state index < -0.39 is 0 Å². The van der Waals surface area contributed by atoms with Crippen LogP contribution in [0.1, 0.15) is 22.3 Å². The minimum absolute atomic E-state index is 0.0182. The molecular formula is C16H17N3OS. The van der Waals surface area contributed by atoms with Crippen LogP contribution in [0.2, 0.25) is 0 Å². The number of aromatic hydroxyl groups is 1. The van der Waals surface area contributed by atoms with Gasteiger partial charge in [-0.25, -0.2) is 4.98 Å². The van der Waals surface area contributed by atoms with Crippen molar-refractivity contribution in [2.45, 2.75) is 12.6 Å². The van der Waals surface area contributed by atoms with E-state index >= 15 is 0 Å². The van der Waals surface area contributed by atoms with Gasteiger partial charge in [0.15, 0.2) is 0 Å². The van der Waals surface area contributed by atoms with E-state index in [-0.39, 0.29) is 6.04 Å². The number of aromatic nitrogens is 2. The summed E-state index contributed by atoms with van der Waals surface area (Å²) in [5.41, 5.74) is 0.883. The van der Waals surface area contributed by atoms with Gasteiger partial charge in [0.25, 0.3) is 0 Å². The molecule has 5 heteroatoms. The largest absolute Gasteiger partial charge is 0.508 e. The maximum atomic E-state index is 9.88. The molecule has 0 aliphatic heterocycles. The summed E-state index contributed by atoms with van der Waals surface area (Å²) < 4.78 is 2.02. The normalized spacial score (nSPS) is 12.4. The zero-order chi connectivity index (χ0) is 14.7. The number of para-hydroxylation sites is 1. The van der Waals surface area contributed by atoms with Crippen molar-refractivity contribution in [1.29, 1.82) is 0 Å². The fourth-order valence-electron chi connectivity index (χ4n) is 2.30. The van der Waals surface area contributed by atoms with Crippen LogP contribution in [-0.2, 0) is 13.6 Å². The highest BCUT2D eigenvalue weighted by molar-refractivity contribution is 7.10. The predicted molar refractivity (Wildman–Crippen MR) is 84.3 cm³/mol. The zero-order valence-electron chi connectivity index (χ0n) is 11.7. The van der Waals surface area contributed by atoms with E-state index in [4.69, 9.17) is 0 Å². The van der Waals surface area contributed by atoms with E-state index in [1.165, 1.54) is 4.88 Å². The molecular weight excluding hydrogens is 282 g/mol. The highest BCUT2D eigenvalue weighted by Gasteiger charge is 2.19. The van der Waals surface area contributed by atoms with Crippen LogP contribution < -0.4 is 5.32 Å². The molecule has 1 atom stereocenters. The van der Waals surface area contributed by atoms with E-state index in [1.807, 2.05) is 42.1 Å². The van der Waals surface area contributed by atoms with Crippen molar-refractivity contribution >= 4 is 11.3 Å². The van der Waals surface area contributed by atoms with Crippen LogP contribution in [0.5, 0.6) is 5.75 Å². The van der Waals surface area contributed by atoms with Gasteiger partial charge in [0.05, 0.1) is 0 Å². The minimum atomic E-state index is 0.0182. The summed E-state index contributed by atoms with van der Waals surface area (Å²) in [6.07, 6.45) is 3.75. The maximum absolute atomic E-state index is 9.88. The standard InChI is InChI=1S/C16H17N3OS/c1-19-9-8-17-16(19)15(14-7-4-10-21-14)18-11-12-5-2-3-6-13(12)20/h2-10,15,18,20H,11H2,1H3. The Labute approximate surface area is 127 Å². The van der Waals surface area contributed by atoms with Crippen LogP contribution in [0.4, 0.5) is 0 Å². The van der Waals surface area contributed by atoms with Gasteiger partial charge >= 0.3 is 0 Å². The molecule has 0 saturated carbocycles. The third kappa shape index (κ3) is 2.99. The van der Waals surface area contributed by atoms with Gasteiger partial charge in [0.1, 0.15) is 17.6 Å². The summed E-state index contributed by atoms with van der Waals surface area (Å²) in [7, 11) is 1.99. The Morgan fingerprint density at radius 1 is 1.29 bits per heavy atom. The van der Waals surface area contributed by atoms with E-state index in [0.29, 0.717) is 12.3 Å². The molecule has 2 N–H and O–H groups in total. The quantitative estimate of drug-likeness (QED) is 0.761. The lowest BCUT2D eigenvalue weighted by Gasteiger charge is -2.18. The Hall–Kier alpha value is -2.11. The summed E-state index contributed by atoms with van der Waals surface area (Å²) in [4.78, 5) is 5.66. The second kappa shape index (κ2) is 6.11. The molecule has 1 unspecified atom stereocenters. The predicted octanol–water partition coefficient (Wildman–Crippen LogP) is 3.07. The van der Waals surface area contributed by atoms with Crippen LogP contribution in [0.25, 0.3) is 0 Å². The molecule has 3 rings (SSSR count). The van der Waals surface area contributed by atoms with Gasteiger partial charge in [-0.1, -0.05) is 24.3 Å². The summed E-state index contributed by atoms with van der Waals surface area (Å²) in [6, 6.07) is 11.5. The first-order valence-electron chi connectivity index (χ1n) is 6.76. The average molecular weight is 299 g/mol. The van der Waals surface area contributed by atoms with Crippen molar-refractivity contribution in [2.24, 2.45) is 7.05 Å². The molecule has 3 aromatic rings. The van der Waals surface area contributed by atoms with Gasteiger partial charge in [-0.2, -0.15) is 0 Å². The number of imidazole rings is 1. The molecule has 4 nitrogen and oxygen atoms in total. The highest BCUT2D eigenvalue weighted by atomic mass is 32.1. The lowest BCUT2D eigenvalue weighted by Crippen LogP contribution is -2.24.